The fourth-order valence-corrected chi connectivity index (χ4v) is 4.28. The zero-order valence-corrected chi connectivity index (χ0v) is 26.1. The summed E-state index contributed by atoms with van der Waals surface area (Å²) in [7, 11) is 1.84. The van der Waals surface area contributed by atoms with Gasteiger partial charge in [0.15, 0.2) is 5.78 Å². The Labute approximate surface area is 260 Å². The number of imidazole rings is 1. The molecule has 2 unspecified atom stereocenters. The van der Waals surface area contributed by atoms with E-state index >= 15 is 0 Å². The van der Waals surface area contributed by atoms with Crippen LogP contribution in [0, 0.1) is 6.92 Å². The molecule has 0 aliphatic rings. The molecule has 9 nitrogen and oxygen atoms in total. The molecule has 0 aliphatic carbocycles. The van der Waals surface area contributed by atoms with E-state index in [1.165, 1.54) is 6.92 Å². The predicted molar refractivity (Wildman–Crippen MR) is 171 cm³/mol. The summed E-state index contributed by atoms with van der Waals surface area (Å²) in [4.78, 5) is 42.5. The van der Waals surface area contributed by atoms with Crippen molar-refractivity contribution in [3.63, 3.8) is 0 Å². The van der Waals surface area contributed by atoms with E-state index in [0.717, 1.165) is 22.4 Å². The van der Waals surface area contributed by atoms with E-state index in [1.54, 1.807) is 25.1 Å². The third kappa shape index (κ3) is 10.6. The van der Waals surface area contributed by atoms with Crippen LogP contribution in [0.2, 0.25) is 0 Å². The second-order valence-electron chi connectivity index (χ2n) is 11.3. The number of Topliss-reactive ketones (excluding diaryl/α,β-unsaturated/α-hetero) is 1. The maximum Gasteiger partial charge on any atom is 0.250 e. The molecule has 4 rings (SSSR count). The summed E-state index contributed by atoms with van der Waals surface area (Å²) in [6.45, 7) is 7.63. The van der Waals surface area contributed by atoms with Crippen molar-refractivity contribution in [2.75, 3.05) is 13.7 Å². The molecular formula is C35H43N5O4. The molecule has 232 valence electrons. The molecule has 0 saturated carbocycles. The van der Waals surface area contributed by atoms with E-state index in [1.807, 2.05) is 116 Å². The first-order chi connectivity index (χ1) is 21.0. The van der Waals surface area contributed by atoms with Gasteiger partial charge in [-0.25, -0.2) is 4.98 Å². The standard InChI is InChI=1S/C20H21N3O.C15H22N2O3/c1-16-13-23(15-21-16)19(18-11-7-4-8-12-18)20(24)22(2)14-17-9-5-3-6-10-17;1-11(18)13(17-14(19)15(2,3)16)10-20-9-12-7-5-4-6-8-12/h3-13,15,19H,14H2,1-2H3;4-8,13H,9-10,16H2,1-3H3,(H,17,19). The van der Waals surface area contributed by atoms with Gasteiger partial charge in [0, 0.05) is 19.8 Å². The molecule has 3 N–H and O–H groups in total. The molecule has 0 bridgehead atoms. The van der Waals surface area contributed by atoms with Crippen molar-refractivity contribution in [3.05, 3.63) is 126 Å². The van der Waals surface area contributed by atoms with Crippen molar-refractivity contribution >= 4 is 17.6 Å². The first-order valence-corrected chi connectivity index (χ1v) is 14.5. The topological polar surface area (TPSA) is 120 Å². The van der Waals surface area contributed by atoms with Crippen molar-refractivity contribution in [2.45, 2.75) is 58.5 Å². The maximum atomic E-state index is 13.1. The van der Waals surface area contributed by atoms with Crippen LogP contribution in [0.3, 0.4) is 0 Å². The Morgan fingerprint density at radius 2 is 1.48 bits per heavy atom. The van der Waals surface area contributed by atoms with Gasteiger partial charge >= 0.3 is 0 Å². The molecule has 9 heteroatoms. The highest BCUT2D eigenvalue weighted by atomic mass is 16.5. The molecule has 44 heavy (non-hydrogen) atoms. The molecule has 4 aromatic rings. The van der Waals surface area contributed by atoms with Crippen LogP contribution in [0.1, 0.15) is 49.2 Å². The minimum atomic E-state index is -1.02. The average molecular weight is 598 g/mol. The zero-order valence-electron chi connectivity index (χ0n) is 26.1. The summed E-state index contributed by atoms with van der Waals surface area (Å²) in [6, 6.07) is 28.4. The molecule has 0 radical (unpaired) electrons. The highest BCUT2D eigenvalue weighted by molar-refractivity contribution is 5.91. The summed E-state index contributed by atoms with van der Waals surface area (Å²) in [5, 5.41) is 2.60. The lowest BCUT2D eigenvalue weighted by Gasteiger charge is -2.25. The smallest absolute Gasteiger partial charge is 0.250 e. The molecule has 3 aromatic carbocycles. The Bertz CT molecular complexity index is 1470. The Balaban J connectivity index is 0.000000245. The molecule has 0 saturated heterocycles. The largest absolute Gasteiger partial charge is 0.374 e. The zero-order chi connectivity index (χ0) is 32.1. The number of ether oxygens (including phenoxy) is 1. The van der Waals surface area contributed by atoms with Crippen LogP contribution in [0.5, 0.6) is 0 Å². The Morgan fingerprint density at radius 3 is 1.98 bits per heavy atom. The highest BCUT2D eigenvalue weighted by Gasteiger charge is 2.27. The van der Waals surface area contributed by atoms with Gasteiger partial charge in [-0.3, -0.25) is 14.4 Å². The summed E-state index contributed by atoms with van der Waals surface area (Å²) >= 11 is 0. The lowest BCUT2D eigenvalue weighted by Crippen LogP contribution is -2.54. The van der Waals surface area contributed by atoms with E-state index in [0.29, 0.717) is 13.2 Å². The van der Waals surface area contributed by atoms with E-state index in [4.69, 9.17) is 10.5 Å². The number of benzene rings is 3. The Kier molecular flexibility index (Phi) is 12.6. The SMILES string of the molecule is CC(=O)C(COCc1ccccc1)NC(=O)C(C)(C)N.Cc1cn(C(C(=O)N(C)Cc2ccccc2)c2ccccc2)cn1. The van der Waals surface area contributed by atoms with E-state index in [-0.39, 0.29) is 24.2 Å². The van der Waals surface area contributed by atoms with Crippen molar-refractivity contribution in [2.24, 2.45) is 5.73 Å². The molecule has 0 aliphatic heterocycles. The number of aryl methyl sites for hydroxylation is 1. The first-order valence-electron chi connectivity index (χ1n) is 14.5. The third-order valence-electron chi connectivity index (χ3n) is 6.79. The minimum absolute atomic E-state index is 0.0439. The van der Waals surface area contributed by atoms with Gasteiger partial charge in [0.05, 0.1) is 30.8 Å². The van der Waals surface area contributed by atoms with E-state index < -0.39 is 17.6 Å². The van der Waals surface area contributed by atoms with Gasteiger partial charge in [-0.15, -0.1) is 0 Å². The first kappa shape index (κ1) is 33.9. The molecule has 2 amide bonds. The number of likely N-dealkylation sites (N-methyl/N-ethyl adjacent to an activating group) is 1. The highest BCUT2D eigenvalue weighted by Crippen LogP contribution is 2.22. The van der Waals surface area contributed by atoms with Crippen molar-refractivity contribution in [3.8, 4) is 0 Å². The maximum absolute atomic E-state index is 13.1. The van der Waals surface area contributed by atoms with Crippen molar-refractivity contribution in [1.29, 1.82) is 0 Å². The van der Waals surface area contributed by atoms with Gasteiger partial charge in [-0.05, 0) is 44.4 Å². The third-order valence-corrected chi connectivity index (χ3v) is 6.79. The lowest BCUT2D eigenvalue weighted by molar-refractivity contribution is -0.132. The normalized spacial score (nSPS) is 12.3. The van der Waals surface area contributed by atoms with Gasteiger partial charge in [0.2, 0.25) is 11.8 Å². The van der Waals surface area contributed by atoms with Crippen LogP contribution < -0.4 is 11.1 Å². The number of nitrogens with one attached hydrogen (secondary N) is 1. The predicted octanol–water partition coefficient (Wildman–Crippen LogP) is 4.45. The minimum Gasteiger partial charge on any atom is -0.374 e. The fraction of sp³-hybridized carbons (Fsp3) is 0.314. The number of hydrogen-bond acceptors (Lipinski definition) is 6. The average Bonchev–Trinajstić information content (AvgIpc) is 3.43. The van der Waals surface area contributed by atoms with Crippen LogP contribution >= 0.6 is 0 Å². The van der Waals surface area contributed by atoms with Crippen LogP contribution in [0.15, 0.2) is 104 Å². The molecule has 0 fully saturated rings. The van der Waals surface area contributed by atoms with Gasteiger partial charge < -0.3 is 25.3 Å². The van der Waals surface area contributed by atoms with Gasteiger partial charge in [-0.2, -0.15) is 0 Å². The molecule has 1 aromatic heterocycles. The Morgan fingerprint density at radius 1 is 0.932 bits per heavy atom. The van der Waals surface area contributed by atoms with Crippen LogP contribution in [0.4, 0.5) is 0 Å². The number of rotatable bonds is 12. The van der Waals surface area contributed by atoms with Gasteiger partial charge in [0.25, 0.3) is 0 Å². The summed E-state index contributed by atoms with van der Waals surface area (Å²) in [5.41, 5.74) is 8.65. The molecule has 1 heterocycles. The van der Waals surface area contributed by atoms with Gasteiger partial charge in [0.1, 0.15) is 12.1 Å². The number of amides is 2. The van der Waals surface area contributed by atoms with E-state index in [9.17, 15) is 14.4 Å². The summed E-state index contributed by atoms with van der Waals surface area (Å²) in [5.74, 6) is -0.487. The van der Waals surface area contributed by atoms with E-state index in [2.05, 4.69) is 10.3 Å². The van der Waals surface area contributed by atoms with Crippen LogP contribution in [-0.4, -0.2) is 57.3 Å². The van der Waals surface area contributed by atoms with Crippen molar-refractivity contribution in [1.82, 2.24) is 19.8 Å². The molecular weight excluding hydrogens is 554 g/mol. The fourth-order valence-electron chi connectivity index (χ4n) is 4.28. The number of nitrogens with zero attached hydrogens (tertiary/aromatic N) is 3. The monoisotopic (exact) mass is 597 g/mol. The number of aromatic nitrogens is 2. The molecule has 0 spiro atoms. The number of hydrogen-bond donors (Lipinski definition) is 2. The summed E-state index contributed by atoms with van der Waals surface area (Å²) in [6.07, 6.45) is 3.63. The number of carbonyl (C=O) groups is 3. The summed E-state index contributed by atoms with van der Waals surface area (Å²) < 4.78 is 7.36. The Hall–Kier alpha value is -4.60. The second-order valence-corrected chi connectivity index (χ2v) is 11.3. The number of nitrogens with two attached hydrogens (primary N) is 1. The number of carbonyl (C=O) groups excluding carboxylic acids is 3. The number of ketones is 1. The van der Waals surface area contributed by atoms with Crippen LogP contribution in [-0.2, 0) is 32.3 Å². The van der Waals surface area contributed by atoms with Crippen molar-refractivity contribution < 1.29 is 19.1 Å². The lowest BCUT2D eigenvalue weighted by atomic mass is 10.1. The molecule has 2 atom stereocenters. The van der Waals surface area contributed by atoms with Crippen LogP contribution in [0.25, 0.3) is 0 Å². The quantitative estimate of drug-likeness (QED) is 0.249. The van der Waals surface area contributed by atoms with Gasteiger partial charge in [-0.1, -0.05) is 91.0 Å². The second kappa shape index (κ2) is 16.3.